The number of ether oxygens (including phenoxy) is 3. The zero-order chi connectivity index (χ0) is 44.4. The van der Waals surface area contributed by atoms with Crippen molar-refractivity contribution in [3.8, 4) is 0 Å². The molecule has 0 aromatic heterocycles. The molecule has 0 aliphatic rings. The van der Waals surface area contributed by atoms with Crippen LogP contribution in [0, 0.1) is 0 Å². The van der Waals surface area contributed by atoms with Gasteiger partial charge in [-0.25, -0.2) is 0 Å². The van der Waals surface area contributed by atoms with E-state index in [2.05, 4.69) is 81.5 Å². The van der Waals surface area contributed by atoms with Gasteiger partial charge in [0.2, 0.25) is 0 Å². The lowest BCUT2D eigenvalue weighted by Crippen LogP contribution is -2.30. The van der Waals surface area contributed by atoms with Crippen molar-refractivity contribution in [3.05, 3.63) is 60.8 Å². The summed E-state index contributed by atoms with van der Waals surface area (Å²) in [7, 11) is 0. The summed E-state index contributed by atoms with van der Waals surface area (Å²) in [4.78, 5) is 37.8. The highest BCUT2D eigenvalue weighted by atomic mass is 16.6. The molecule has 0 spiro atoms. The Morgan fingerprint density at radius 2 is 0.639 bits per heavy atom. The first-order chi connectivity index (χ1) is 30.0. The molecular weight excluding hydrogens is 757 g/mol. The molecule has 0 aliphatic heterocycles. The number of rotatable bonds is 46. The van der Waals surface area contributed by atoms with E-state index in [1.807, 2.05) is 0 Å². The van der Waals surface area contributed by atoms with Crippen molar-refractivity contribution in [2.24, 2.45) is 0 Å². The fourth-order valence-corrected chi connectivity index (χ4v) is 7.17. The van der Waals surface area contributed by atoms with Gasteiger partial charge in [0.05, 0.1) is 0 Å². The van der Waals surface area contributed by atoms with Gasteiger partial charge in [-0.2, -0.15) is 0 Å². The minimum Gasteiger partial charge on any atom is -0.462 e. The lowest BCUT2D eigenvalue weighted by atomic mass is 10.1. The number of carbonyl (C=O) groups is 3. The number of hydrogen-bond acceptors (Lipinski definition) is 6. The van der Waals surface area contributed by atoms with Crippen LogP contribution in [0.2, 0.25) is 0 Å². The predicted octanol–water partition coefficient (Wildman–Crippen LogP) is 16.9. The van der Waals surface area contributed by atoms with Crippen molar-refractivity contribution in [2.45, 2.75) is 258 Å². The monoisotopic (exact) mass is 853 g/mol. The predicted molar refractivity (Wildman–Crippen MR) is 261 cm³/mol. The Labute approximate surface area is 377 Å². The Kier molecular flexibility index (Phi) is 47.4. The van der Waals surface area contributed by atoms with Gasteiger partial charge in [0.25, 0.3) is 0 Å². The zero-order valence-corrected chi connectivity index (χ0v) is 40.2. The van der Waals surface area contributed by atoms with Crippen LogP contribution in [0.5, 0.6) is 0 Å². The summed E-state index contributed by atoms with van der Waals surface area (Å²) in [5.41, 5.74) is 0. The van der Waals surface area contributed by atoms with E-state index in [0.29, 0.717) is 19.3 Å². The average molecular weight is 853 g/mol. The van der Waals surface area contributed by atoms with Crippen molar-refractivity contribution >= 4 is 17.9 Å². The number of carbonyl (C=O) groups excluding carboxylic acids is 3. The van der Waals surface area contributed by atoms with Crippen molar-refractivity contribution in [1.82, 2.24) is 0 Å². The molecule has 0 aromatic carbocycles. The smallest absolute Gasteiger partial charge is 0.306 e. The van der Waals surface area contributed by atoms with Crippen LogP contribution >= 0.6 is 0 Å². The Morgan fingerprint density at radius 1 is 0.344 bits per heavy atom. The largest absolute Gasteiger partial charge is 0.462 e. The van der Waals surface area contributed by atoms with Gasteiger partial charge in [-0.3, -0.25) is 14.4 Å². The molecule has 0 heterocycles. The molecule has 0 rings (SSSR count). The van der Waals surface area contributed by atoms with Crippen LogP contribution in [-0.4, -0.2) is 37.2 Å². The Morgan fingerprint density at radius 3 is 1.00 bits per heavy atom. The van der Waals surface area contributed by atoms with Crippen LogP contribution in [0.25, 0.3) is 0 Å². The van der Waals surface area contributed by atoms with Crippen LogP contribution in [-0.2, 0) is 28.6 Å². The van der Waals surface area contributed by atoms with Crippen LogP contribution in [0.4, 0.5) is 0 Å². The average Bonchev–Trinajstić information content (AvgIpc) is 3.26. The molecular formula is C55H96O6. The van der Waals surface area contributed by atoms with Crippen LogP contribution in [0.15, 0.2) is 60.8 Å². The van der Waals surface area contributed by atoms with Crippen LogP contribution in [0.3, 0.4) is 0 Å². The molecule has 0 bridgehead atoms. The van der Waals surface area contributed by atoms with E-state index in [-0.39, 0.29) is 31.1 Å². The maximum absolute atomic E-state index is 12.7. The van der Waals surface area contributed by atoms with Gasteiger partial charge in [0, 0.05) is 19.3 Å². The van der Waals surface area contributed by atoms with Crippen molar-refractivity contribution in [1.29, 1.82) is 0 Å². The highest BCUT2D eigenvalue weighted by Gasteiger charge is 2.19. The third-order valence-electron chi connectivity index (χ3n) is 11.0. The van der Waals surface area contributed by atoms with Crippen molar-refractivity contribution in [2.75, 3.05) is 13.2 Å². The van der Waals surface area contributed by atoms with Gasteiger partial charge in [-0.1, -0.05) is 229 Å². The maximum atomic E-state index is 12.7. The number of allylic oxidation sites excluding steroid dienone is 10. The second kappa shape index (κ2) is 49.8. The molecule has 0 aromatic rings. The zero-order valence-electron chi connectivity index (χ0n) is 40.2. The second-order valence-corrected chi connectivity index (χ2v) is 17.1. The van der Waals surface area contributed by atoms with E-state index in [9.17, 15) is 14.4 Å². The Hall–Kier alpha value is -2.89. The summed E-state index contributed by atoms with van der Waals surface area (Å²) in [6.07, 6.45) is 60.7. The summed E-state index contributed by atoms with van der Waals surface area (Å²) in [5.74, 6) is -0.885. The number of hydrogen-bond donors (Lipinski definition) is 0. The molecule has 0 radical (unpaired) electrons. The van der Waals surface area contributed by atoms with Gasteiger partial charge >= 0.3 is 17.9 Å². The first kappa shape index (κ1) is 58.1. The van der Waals surface area contributed by atoms with E-state index >= 15 is 0 Å². The Balaban J connectivity index is 4.25. The number of unbranched alkanes of at least 4 members (excludes halogenated alkanes) is 25. The van der Waals surface area contributed by atoms with Gasteiger partial charge in [-0.05, 0) is 64.2 Å². The lowest BCUT2D eigenvalue weighted by Gasteiger charge is -2.18. The maximum Gasteiger partial charge on any atom is 0.306 e. The van der Waals surface area contributed by atoms with E-state index in [1.165, 1.54) is 116 Å². The first-order valence-corrected chi connectivity index (χ1v) is 25.8. The molecule has 6 nitrogen and oxygen atoms in total. The molecule has 0 N–H and O–H groups in total. The van der Waals surface area contributed by atoms with Gasteiger partial charge < -0.3 is 14.2 Å². The quantitative estimate of drug-likeness (QED) is 0.0263. The SMILES string of the molecule is CC/C=C\C/C=C\C/C=C\C/C=C\C/C=C\CCCCCCCCCC(=O)OCC(COC(=O)CCCCCCCCCCC)OC(=O)CCCCCCCCCCCCC. The lowest BCUT2D eigenvalue weighted by molar-refractivity contribution is -0.167. The van der Waals surface area contributed by atoms with Crippen molar-refractivity contribution in [3.63, 3.8) is 0 Å². The van der Waals surface area contributed by atoms with E-state index in [4.69, 9.17) is 14.2 Å². The van der Waals surface area contributed by atoms with E-state index < -0.39 is 6.10 Å². The molecule has 1 unspecified atom stereocenters. The topological polar surface area (TPSA) is 78.9 Å². The summed E-state index contributed by atoms with van der Waals surface area (Å²) in [6.45, 7) is 6.49. The second-order valence-electron chi connectivity index (χ2n) is 17.1. The molecule has 352 valence electrons. The van der Waals surface area contributed by atoms with Crippen LogP contribution in [0.1, 0.15) is 252 Å². The molecule has 6 heteroatoms. The van der Waals surface area contributed by atoms with Crippen molar-refractivity contribution < 1.29 is 28.6 Å². The summed E-state index contributed by atoms with van der Waals surface area (Å²) in [5, 5.41) is 0. The molecule has 0 saturated carbocycles. The number of esters is 3. The van der Waals surface area contributed by atoms with Gasteiger partial charge in [0.15, 0.2) is 6.10 Å². The molecule has 61 heavy (non-hydrogen) atoms. The summed E-state index contributed by atoms with van der Waals surface area (Å²) in [6, 6.07) is 0. The minimum absolute atomic E-state index is 0.0748. The fraction of sp³-hybridized carbons (Fsp3) is 0.764. The molecule has 0 fully saturated rings. The molecule has 1 atom stereocenters. The standard InChI is InChI=1S/C55H96O6/c1-4-7-10-13-16-19-21-22-23-24-25-26-27-28-29-30-31-32-34-36-39-42-45-48-54(57)60-51-52(50-59-53(56)47-44-41-38-35-18-15-12-9-6-3)61-55(58)49-46-43-40-37-33-20-17-14-11-8-5-2/h7,10,16,19,22-23,25-26,28-29,52H,4-6,8-9,11-15,17-18,20-21,24,27,30-51H2,1-3H3/b10-7-,19-16-,23-22-,26-25-,29-28-. The summed E-state index contributed by atoms with van der Waals surface area (Å²) < 4.78 is 16.7. The summed E-state index contributed by atoms with van der Waals surface area (Å²) >= 11 is 0. The highest BCUT2D eigenvalue weighted by Crippen LogP contribution is 2.15. The molecule has 0 aliphatic carbocycles. The van der Waals surface area contributed by atoms with E-state index in [0.717, 1.165) is 96.3 Å². The normalized spacial score (nSPS) is 12.5. The third kappa shape index (κ3) is 48.0. The Bertz CT molecular complexity index is 1120. The van der Waals surface area contributed by atoms with Gasteiger partial charge in [0.1, 0.15) is 13.2 Å². The molecule has 0 saturated heterocycles. The van der Waals surface area contributed by atoms with Gasteiger partial charge in [-0.15, -0.1) is 0 Å². The highest BCUT2D eigenvalue weighted by molar-refractivity contribution is 5.71. The van der Waals surface area contributed by atoms with E-state index in [1.54, 1.807) is 0 Å². The minimum atomic E-state index is -0.772. The first-order valence-electron chi connectivity index (χ1n) is 25.8. The third-order valence-corrected chi connectivity index (χ3v) is 11.0. The molecule has 0 amide bonds. The fourth-order valence-electron chi connectivity index (χ4n) is 7.17. The van der Waals surface area contributed by atoms with Crippen LogP contribution < -0.4 is 0 Å².